The fourth-order valence-electron chi connectivity index (χ4n) is 2.18. The summed E-state index contributed by atoms with van der Waals surface area (Å²) in [6, 6.07) is 7.66. The van der Waals surface area contributed by atoms with Crippen molar-refractivity contribution in [2.24, 2.45) is 5.92 Å². The van der Waals surface area contributed by atoms with Crippen LogP contribution in [-0.2, 0) is 10.2 Å². The zero-order valence-corrected chi connectivity index (χ0v) is 11.8. The largest absolute Gasteiger partial charge is 0.355 e. The number of halogens is 1. The van der Waals surface area contributed by atoms with Gasteiger partial charge in [-0.15, -0.1) is 0 Å². The molecule has 1 amide bonds. The van der Waals surface area contributed by atoms with Crippen LogP contribution in [0.1, 0.15) is 38.7 Å². The minimum absolute atomic E-state index is 0.172. The van der Waals surface area contributed by atoms with E-state index in [0.29, 0.717) is 5.92 Å². The van der Waals surface area contributed by atoms with Gasteiger partial charge in [-0.1, -0.05) is 37.6 Å². The van der Waals surface area contributed by atoms with Crippen LogP contribution in [0.5, 0.6) is 0 Å². The summed E-state index contributed by atoms with van der Waals surface area (Å²) in [5, 5.41) is 3.78. The van der Waals surface area contributed by atoms with E-state index >= 15 is 0 Å². The summed E-state index contributed by atoms with van der Waals surface area (Å²) in [6.45, 7) is 5.10. The van der Waals surface area contributed by atoms with Gasteiger partial charge in [-0.3, -0.25) is 4.79 Å². The van der Waals surface area contributed by atoms with Gasteiger partial charge >= 0.3 is 0 Å². The summed E-state index contributed by atoms with van der Waals surface area (Å²) in [6.07, 6.45) is 2.92. The SMILES string of the molecule is CC(C)CCNC(=O)C1(c2ccc(Cl)cc2)CC1. The van der Waals surface area contributed by atoms with Crippen LogP contribution in [0.4, 0.5) is 0 Å². The van der Waals surface area contributed by atoms with E-state index in [1.165, 1.54) is 0 Å². The number of benzene rings is 1. The lowest BCUT2D eigenvalue weighted by Gasteiger charge is -2.16. The van der Waals surface area contributed by atoms with Crippen molar-refractivity contribution in [2.45, 2.75) is 38.5 Å². The molecule has 1 N–H and O–H groups in total. The third-order valence-electron chi connectivity index (χ3n) is 3.59. The summed E-state index contributed by atoms with van der Waals surface area (Å²) in [7, 11) is 0. The lowest BCUT2D eigenvalue weighted by molar-refractivity contribution is -0.123. The van der Waals surface area contributed by atoms with Crippen LogP contribution in [0.25, 0.3) is 0 Å². The first-order valence-electron chi connectivity index (χ1n) is 6.59. The highest BCUT2D eigenvalue weighted by Gasteiger charge is 2.50. The minimum atomic E-state index is -0.276. The lowest BCUT2D eigenvalue weighted by Crippen LogP contribution is -2.35. The molecule has 2 rings (SSSR count). The molecule has 0 saturated heterocycles. The topological polar surface area (TPSA) is 29.1 Å². The Morgan fingerprint density at radius 1 is 1.33 bits per heavy atom. The summed E-state index contributed by atoms with van der Waals surface area (Å²) in [5.74, 6) is 0.793. The average Bonchev–Trinajstić information content (AvgIpc) is 3.10. The monoisotopic (exact) mass is 265 g/mol. The average molecular weight is 266 g/mol. The van der Waals surface area contributed by atoms with Gasteiger partial charge in [-0.25, -0.2) is 0 Å². The molecular formula is C15H20ClNO. The second kappa shape index (κ2) is 5.31. The van der Waals surface area contributed by atoms with Gasteiger partial charge in [0.15, 0.2) is 0 Å². The van der Waals surface area contributed by atoms with E-state index in [9.17, 15) is 4.79 Å². The highest BCUT2D eigenvalue weighted by molar-refractivity contribution is 6.30. The lowest BCUT2D eigenvalue weighted by atomic mass is 9.95. The minimum Gasteiger partial charge on any atom is -0.355 e. The quantitative estimate of drug-likeness (QED) is 0.867. The molecule has 0 unspecified atom stereocenters. The van der Waals surface area contributed by atoms with Crippen molar-refractivity contribution in [1.29, 1.82) is 0 Å². The Morgan fingerprint density at radius 3 is 2.44 bits per heavy atom. The molecule has 0 bridgehead atoms. The predicted molar refractivity (Wildman–Crippen MR) is 74.8 cm³/mol. The highest BCUT2D eigenvalue weighted by Crippen LogP contribution is 2.48. The number of carbonyl (C=O) groups is 1. The van der Waals surface area contributed by atoms with Gasteiger partial charge in [-0.05, 0) is 42.9 Å². The number of hydrogen-bond acceptors (Lipinski definition) is 1. The third-order valence-corrected chi connectivity index (χ3v) is 3.84. The first-order valence-corrected chi connectivity index (χ1v) is 6.97. The van der Waals surface area contributed by atoms with Gasteiger partial charge in [0.1, 0.15) is 0 Å². The molecule has 1 aromatic rings. The van der Waals surface area contributed by atoms with Crippen LogP contribution in [-0.4, -0.2) is 12.5 Å². The maximum atomic E-state index is 12.3. The number of amides is 1. The van der Waals surface area contributed by atoms with Gasteiger partial charge in [0, 0.05) is 11.6 Å². The maximum absolute atomic E-state index is 12.3. The number of carbonyl (C=O) groups excluding carboxylic acids is 1. The molecule has 0 atom stereocenters. The molecule has 0 heterocycles. The van der Waals surface area contributed by atoms with Crippen LogP contribution in [0.2, 0.25) is 5.02 Å². The molecule has 98 valence electrons. The van der Waals surface area contributed by atoms with Crippen LogP contribution in [0, 0.1) is 5.92 Å². The fraction of sp³-hybridized carbons (Fsp3) is 0.533. The van der Waals surface area contributed by atoms with Crippen molar-refractivity contribution in [2.75, 3.05) is 6.54 Å². The van der Waals surface area contributed by atoms with E-state index < -0.39 is 0 Å². The van der Waals surface area contributed by atoms with Crippen molar-refractivity contribution in [3.05, 3.63) is 34.9 Å². The van der Waals surface area contributed by atoms with Crippen molar-refractivity contribution in [3.63, 3.8) is 0 Å². The first-order chi connectivity index (χ1) is 8.54. The summed E-state index contributed by atoms with van der Waals surface area (Å²) < 4.78 is 0. The highest BCUT2D eigenvalue weighted by atomic mass is 35.5. The zero-order chi connectivity index (χ0) is 13.2. The second-order valence-electron chi connectivity index (χ2n) is 5.53. The van der Waals surface area contributed by atoms with Crippen LogP contribution in [0.3, 0.4) is 0 Å². The van der Waals surface area contributed by atoms with Crippen LogP contribution < -0.4 is 5.32 Å². The Hall–Kier alpha value is -1.02. The van der Waals surface area contributed by atoms with Crippen molar-refractivity contribution in [1.82, 2.24) is 5.32 Å². The van der Waals surface area contributed by atoms with Crippen molar-refractivity contribution < 1.29 is 4.79 Å². The normalized spacial score (nSPS) is 16.7. The van der Waals surface area contributed by atoms with Crippen LogP contribution >= 0.6 is 11.6 Å². The second-order valence-corrected chi connectivity index (χ2v) is 5.96. The van der Waals surface area contributed by atoms with Crippen molar-refractivity contribution in [3.8, 4) is 0 Å². The predicted octanol–water partition coefficient (Wildman–Crippen LogP) is 3.53. The Labute approximate surface area is 114 Å². The van der Waals surface area contributed by atoms with Crippen LogP contribution in [0.15, 0.2) is 24.3 Å². The molecule has 3 heteroatoms. The smallest absolute Gasteiger partial charge is 0.230 e. The van der Waals surface area contributed by atoms with E-state index in [0.717, 1.165) is 36.4 Å². The van der Waals surface area contributed by atoms with Gasteiger partial charge in [0.25, 0.3) is 0 Å². The van der Waals surface area contributed by atoms with E-state index in [4.69, 9.17) is 11.6 Å². The molecule has 18 heavy (non-hydrogen) atoms. The molecule has 0 radical (unpaired) electrons. The van der Waals surface area contributed by atoms with Gasteiger partial charge in [0.05, 0.1) is 5.41 Å². The zero-order valence-electron chi connectivity index (χ0n) is 11.0. The number of nitrogens with one attached hydrogen (secondary N) is 1. The molecule has 1 saturated carbocycles. The maximum Gasteiger partial charge on any atom is 0.230 e. The Morgan fingerprint density at radius 2 is 1.94 bits per heavy atom. The first kappa shape index (κ1) is 13.4. The van der Waals surface area contributed by atoms with E-state index in [1.54, 1.807) is 0 Å². The molecule has 2 nitrogen and oxygen atoms in total. The number of rotatable bonds is 5. The molecule has 0 aliphatic heterocycles. The molecule has 0 aromatic heterocycles. The molecular weight excluding hydrogens is 246 g/mol. The molecule has 1 aromatic carbocycles. The Bertz CT molecular complexity index is 421. The fourth-order valence-corrected chi connectivity index (χ4v) is 2.31. The van der Waals surface area contributed by atoms with Gasteiger partial charge in [-0.2, -0.15) is 0 Å². The van der Waals surface area contributed by atoms with Gasteiger partial charge in [0.2, 0.25) is 5.91 Å². The Balaban J connectivity index is 1.98. The third kappa shape index (κ3) is 2.86. The van der Waals surface area contributed by atoms with Gasteiger partial charge < -0.3 is 5.32 Å². The molecule has 0 spiro atoms. The summed E-state index contributed by atoms with van der Waals surface area (Å²) in [4.78, 5) is 12.3. The van der Waals surface area contributed by atoms with E-state index in [-0.39, 0.29) is 11.3 Å². The standard InChI is InChI=1S/C15H20ClNO/c1-11(2)7-10-17-14(18)15(8-9-15)12-3-5-13(16)6-4-12/h3-6,11H,7-10H2,1-2H3,(H,17,18). The summed E-state index contributed by atoms with van der Waals surface area (Å²) in [5.41, 5.74) is 0.815. The molecule has 1 fully saturated rings. The Kier molecular flexibility index (Phi) is 3.96. The van der Waals surface area contributed by atoms with E-state index in [2.05, 4.69) is 19.2 Å². The van der Waals surface area contributed by atoms with E-state index in [1.807, 2.05) is 24.3 Å². The molecule has 1 aliphatic rings. The molecule has 1 aliphatic carbocycles. The number of hydrogen-bond donors (Lipinski definition) is 1. The summed E-state index contributed by atoms with van der Waals surface area (Å²) >= 11 is 5.88. The van der Waals surface area contributed by atoms with Crippen molar-refractivity contribution >= 4 is 17.5 Å².